The molecule has 0 aliphatic carbocycles. The first-order chi connectivity index (χ1) is 12.0. The molecular weight excluding hydrogens is 653 g/mol. The van der Waals surface area contributed by atoms with E-state index in [2.05, 4.69) is 80.8 Å². The van der Waals surface area contributed by atoms with Crippen LogP contribution >= 0.6 is 67.8 Å². The highest BCUT2D eigenvalue weighted by Crippen LogP contribution is 2.24. The van der Waals surface area contributed by atoms with Crippen molar-refractivity contribution in [3.63, 3.8) is 0 Å². The lowest BCUT2D eigenvalue weighted by molar-refractivity contribution is -0.137. The van der Waals surface area contributed by atoms with Gasteiger partial charge in [-0.2, -0.15) is 0 Å². The summed E-state index contributed by atoms with van der Waals surface area (Å²) in [5.74, 6) is -0.291. The van der Waals surface area contributed by atoms with Crippen LogP contribution in [0.1, 0.15) is 58.8 Å². The molecular formula is C20H31I3O2. The molecule has 0 aliphatic heterocycles. The first kappa shape index (κ1) is 25.9. The highest BCUT2D eigenvalue weighted by Gasteiger charge is 2.10. The summed E-state index contributed by atoms with van der Waals surface area (Å²) in [6.07, 6.45) is 20.3. The Balaban J connectivity index is 3.81. The molecule has 0 saturated heterocycles. The standard InChI is InChI=1S/C20H31I3O2/c1-3-10-17(21)13-15-19(23)16-14-18(22)11-8-6-5-7-9-12-20(24)25-4-2/h5-9,12,17-19H,3-4,10-11,13-16H2,1-2H3. The highest BCUT2D eigenvalue weighted by molar-refractivity contribution is 14.1. The predicted octanol–water partition coefficient (Wildman–Crippen LogP) is 7.38. The number of carbonyl (C=O) groups excluding carboxylic acids is 1. The Bertz CT molecular complexity index is 419. The number of carbonyl (C=O) groups is 1. The molecule has 0 N–H and O–H groups in total. The molecule has 0 spiro atoms. The summed E-state index contributed by atoms with van der Waals surface area (Å²) in [5, 5.41) is 0. The Morgan fingerprint density at radius 2 is 1.40 bits per heavy atom. The minimum atomic E-state index is -0.291. The third kappa shape index (κ3) is 18.0. The van der Waals surface area contributed by atoms with E-state index < -0.39 is 0 Å². The normalized spacial score (nSPS) is 15.9. The summed E-state index contributed by atoms with van der Waals surface area (Å²) < 4.78 is 7.16. The number of halogens is 3. The lowest BCUT2D eigenvalue weighted by atomic mass is 10.1. The summed E-state index contributed by atoms with van der Waals surface area (Å²) in [4.78, 5) is 11.1. The zero-order valence-electron chi connectivity index (χ0n) is 15.3. The maximum absolute atomic E-state index is 11.1. The van der Waals surface area contributed by atoms with E-state index in [1.165, 1.54) is 44.6 Å². The van der Waals surface area contributed by atoms with Crippen molar-refractivity contribution in [3.05, 3.63) is 36.5 Å². The van der Waals surface area contributed by atoms with E-state index in [4.69, 9.17) is 4.74 Å². The Morgan fingerprint density at radius 3 is 2.00 bits per heavy atom. The average molecular weight is 684 g/mol. The van der Waals surface area contributed by atoms with Gasteiger partial charge in [0.25, 0.3) is 0 Å². The van der Waals surface area contributed by atoms with Crippen molar-refractivity contribution in [3.8, 4) is 0 Å². The highest BCUT2D eigenvalue weighted by atomic mass is 127. The maximum atomic E-state index is 11.1. The lowest BCUT2D eigenvalue weighted by Gasteiger charge is -2.14. The third-order valence-electron chi connectivity index (χ3n) is 3.57. The fourth-order valence-electron chi connectivity index (χ4n) is 2.20. The molecule has 0 fully saturated rings. The summed E-state index contributed by atoms with van der Waals surface area (Å²) in [5.41, 5.74) is 0. The summed E-state index contributed by atoms with van der Waals surface area (Å²) in [6, 6.07) is 0. The van der Waals surface area contributed by atoms with E-state index in [0.717, 1.165) is 14.3 Å². The van der Waals surface area contributed by atoms with Gasteiger partial charge in [-0.05, 0) is 45.4 Å². The van der Waals surface area contributed by atoms with Crippen LogP contribution in [0.4, 0.5) is 0 Å². The van der Waals surface area contributed by atoms with Gasteiger partial charge >= 0.3 is 5.97 Å². The second-order valence-electron chi connectivity index (χ2n) is 5.90. The van der Waals surface area contributed by atoms with E-state index >= 15 is 0 Å². The van der Waals surface area contributed by atoms with Crippen LogP contribution in [0.5, 0.6) is 0 Å². The molecule has 0 aliphatic rings. The predicted molar refractivity (Wildman–Crippen MR) is 135 cm³/mol. The topological polar surface area (TPSA) is 26.3 Å². The number of ether oxygens (including phenoxy) is 1. The van der Waals surface area contributed by atoms with Gasteiger partial charge in [0.2, 0.25) is 0 Å². The second kappa shape index (κ2) is 18.3. The van der Waals surface area contributed by atoms with E-state index in [1.807, 2.05) is 18.2 Å². The smallest absolute Gasteiger partial charge is 0.330 e. The van der Waals surface area contributed by atoms with Gasteiger partial charge in [0.05, 0.1) is 6.61 Å². The van der Waals surface area contributed by atoms with Crippen LogP contribution in [0.3, 0.4) is 0 Å². The van der Waals surface area contributed by atoms with E-state index in [-0.39, 0.29) is 5.97 Å². The van der Waals surface area contributed by atoms with E-state index in [0.29, 0.717) is 10.5 Å². The molecule has 0 aromatic heterocycles. The molecule has 3 atom stereocenters. The quantitative estimate of drug-likeness (QED) is 0.0628. The fraction of sp³-hybridized carbons (Fsp3) is 0.650. The molecule has 0 radical (unpaired) electrons. The largest absolute Gasteiger partial charge is 0.463 e. The molecule has 0 heterocycles. The van der Waals surface area contributed by atoms with Gasteiger partial charge in [-0.3, -0.25) is 0 Å². The molecule has 25 heavy (non-hydrogen) atoms. The summed E-state index contributed by atoms with van der Waals surface area (Å²) in [7, 11) is 0. The summed E-state index contributed by atoms with van der Waals surface area (Å²) in [6.45, 7) is 4.49. The molecule has 0 bridgehead atoms. The first-order valence-electron chi connectivity index (χ1n) is 9.08. The number of hydrogen-bond donors (Lipinski definition) is 0. The molecule has 0 amide bonds. The molecule has 2 nitrogen and oxygen atoms in total. The Hall–Kier alpha value is 0.880. The van der Waals surface area contributed by atoms with Crippen LogP contribution < -0.4 is 0 Å². The molecule has 0 saturated carbocycles. The molecule has 0 aromatic carbocycles. The van der Waals surface area contributed by atoms with Gasteiger partial charge in [-0.15, -0.1) is 0 Å². The minimum absolute atomic E-state index is 0.291. The van der Waals surface area contributed by atoms with Crippen molar-refractivity contribution in [1.29, 1.82) is 0 Å². The number of esters is 1. The zero-order valence-corrected chi connectivity index (χ0v) is 21.8. The third-order valence-corrected chi connectivity index (χ3v) is 7.19. The maximum Gasteiger partial charge on any atom is 0.330 e. The van der Waals surface area contributed by atoms with Gasteiger partial charge in [0.1, 0.15) is 0 Å². The van der Waals surface area contributed by atoms with Gasteiger partial charge in [-0.1, -0.05) is 111 Å². The fourth-order valence-corrected chi connectivity index (χ4v) is 4.56. The number of hydrogen-bond acceptors (Lipinski definition) is 2. The van der Waals surface area contributed by atoms with Crippen LogP contribution in [0.2, 0.25) is 0 Å². The van der Waals surface area contributed by atoms with Crippen molar-refractivity contribution >= 4 is 73.7 Å². The first-order valence-corrected chi connectivity index (χ1v) is 12.8. The monoisotopic (exact) mass is 684 g/mol. The number of alkyl halides is 3. The Morgan fingerprint density at radius 1 is 0.840 bits per heavy atom. The SMILES string of the molecule is CCCC(I)CCC(I)CCC(I)CC=CC=CC=CC(=O)OCC. The molecule has 5 heteroatoms. The van der Waals surface area contributed by atoms with Crippen LogP contribution in [-0.2, 0) is 9.53 Å². The second-order valence-corrected chi connectivity index (χ2v) is 11.2. The summed E-state index contributed by atoms with van der Waals surface area (Å²) >= 11 is 7.79. The van der Waals surface area contributed by atoms with E-state index in [1.54, 1.807) is 13.0 Å². The van der Waals surface area contributed by atoms with Crippen molar-refractivity contribution in [2.45, 2.75) is 70.6 Å². The Kier molecular flexibility index (Phi) is 18.9. The van der Waals surface area contributed by atoms with Crippen LogP contribution in [0.15, 0.2) is 36.5 Å². The number of rotatable bonds is 14. The van der Waals surface area contributed by atoms with Crippen LogP contribution in [-0.4, -0.2) is 24.4 Å². The van der Waals surface area contributed by atoms with Crippen LogP contribution in [0.25, 0.3) is 0 Å². The van der Waals surface area contributed by atoms with Crippen molar-refractivity contribution in [2.24, 2.45) is 0 Å². The van der Waals surface area contributed by atoms with E-state index in [9.17, 15) is 4.79 Å². The van der Waals surface area contributed by atoms with Crippen LogP contribution in [0, 0.1) is 0 Å². The minimum Gasteiger partial charge on any atom is -0.463 e. The number of allylic oxidation sites excluding steroid dienone is 5. The molecule has 3 unspecified atom stereocenters. The molecule has 0 aromatic rings. The zero-order chi connectivity index (χ0) is 18.9. The molecule has 144 valence electrons. The average Bonchev–Trinajstić information content (AvgIpc) is 2.57. The van der Waals surface area contributed by atoms with Gasteiger partial charge in [0.15, 0.2) is 0 Å². The Labute approximate surface area is 195 Å². The van der Waals surface area contributed by atoms with Gasteiger partial charge < -0.3 is 4.74 Å². The lowest BCUT2D eigenvalue weighted by Crippen LogP contribution is -2.06. The van der Waals surface area contributed by atoms with Gasteiger partial charge in [0, 0.05) is 17.8 Å². The van der Waals surface area contributed by atoms with Crippen molar-refractivity contribution in [1.82, 2.24) is 0 Å². The van der Waals surface area contributed by atoms with Gasteiger partial charge in [-0.25, -0.2) is 4.79 Å². The van der Waals surface area contributed by atoms with Crippen molar-refractivity contribution in [2.75, 3.05) is 6.61 Å². The van der Waals surface area contributed by atoms with Crippen molar-refractivity contribution < 1.29 is 9.53 Å². The molecule has 0 rings (SSSR count).